The smallest absolute Gasteiger partial charge is 0.264 e. The minimum absolute atomic E-state index is 0.000888. The van der Waals surface area contributed by atoms with Crippen molar-refractivity contribution in [2.45, 2.75) is 37.8 Å². The molecular weight excluding hydrogens is 414 g/mol. The zero-order valence-corrected chi connectivity index (χ0v) is 19.2. The molecule has 0 bridgehead atoms. The Morgan fingerprint density at radius 2 is 1.77 bits per heavy atom. The van der Waals surface area contributed by atoms with Crippen LogP contribution >= 0.6 is 0 Å². The minimum atomic E-state index is -3.81. The van der Waals surface area contributed by atoms with Gasteiger partial charge in [0.05, 0.1) is 12.0 Å². The number of amides is 1. The predicted octanol–water partition coefficient (Wildman–Crippen LogP) is 3.03. The summed E-state index contributed by atoms with van der Waals surface area (Å²) in [6.07, 6.45) is 2.52. The van der Waals surface area contributed by atoms with Gasteiger partial charge in [-0.25, -0.2) is 8.42 Å². The van der Waals surface area contributed by atoms with Gasteiger partial charge in [-0.1, -0.05) is 41.7 Å². The zero-order chi connectivity index (χ0) is 22.4. The van der Waals surface area contributed by atoms with Crippen molar-refractivity contribution < 1.29 is 18.0 Å². The Bertz CT molecular complexity index is 984. The molecule has 1 aliphatic heterocycles. The lowest BCUT2D eigenvalue weighted by atomic mass is 9.99. The van der Waals surface area contributed by atoms with Gasteiger partial charge in [0.1, 0.15) is 0 Å². The van der Waals surface area contributed by atoms with E-state index in [1.165, 1.54) is 44.7 Å². The second-order valence-electron chi connectivity index (χ2n) is 8.08. The molecule has 1 fully saturated rings. The second-order valence-corrected chi connectivity index (χ2v) is 10.0. The van der Waals surface area contributed by atoms with Crippen molar-refractivity contribution in [3.8, 4) is 0 Å². The van der Waals surface area contributed by atoms with Crippen molar-refractivity contribution in [3.63, 3.8) is 0 Å². The van der Waals surface area contributed by atoms with E-state index in [4.69, 9.17) is 4.84 Å². The van der Waals surface area contributed by atoms with Crippen molar-refractivity contribution in [2.24, 2.45) is 5.92 Å². The van der Waals surface area contributed by atoms with Gasteiger partial charge < -0.3 is 5.32 Å². The molecule has 168 valence electrons. The predicted molar refractivity (Wildman–Crippen MR) is 120 cm³/mol. The third-order valence-electron chi connectivity index (χ3n) is 5.75. The van der Waals surface area contributed by atoms with E-state index < -0.39 is 10.0 Å². The summed E-state index contributed by atoms with van der Waals surface area (Å²) in [5, 5.41) is 2.85. The van der Waals surface area contributed by atoms with Crippen LogP contribution < -0.4 is 5.32 Å². The van der Waals surface area contributed by atoms with Gasteiger partial charge in [-0.3, -0.25) is 14.5 Å². The maximum absolute atomic E-state index is 12.5. The van der Waals surface area contributed by atoms with Crippen LogP contribution in [0.2, 0.25) is 0 Å². The van der Waals surface area contributed by atoms with Gasteiger partial charge in [0, 0.05) is 25.7 Å². The number of nitrogens with one attached hydrogen (secondary N) is 1. The number of piperidine rings is 1. The third kappa shape index (κ3) is 6.13. The van der Waals surface area contributed by atoms with E-state index in [9.17, 15) is 13.2 Å². The first-order valence-electron chi connectivity index (χ1n) is 10.5. The number of benzene rings is 2. The quantitative estimate of drug-likeness (QED) is 0.632. The standard InChI is InChI=1S/C23H31N3O4S/c1-18-11-13-26(14-12-18)17-20-9-7-19(8-10-20)16-24-23(27)21-5-4-6-22(15-21)31(28,29)25(2)30-3/h4-10,15,18H,11-14,16-17H2,1-3H3,(H,24,27). The fourth-order valence-corrected chi connectivity index (χ4v) is 4.59. The number of hydrogen-bond acceptors (Lipinski definition) is 5. The highest BCUT2D eigenvalue weighted by Crippen LogP contribution is 2.19. The number of carbonyl (C=O) groups is 1. The first kappa shape index (κ1) is 23.4. The lowest BCUT2D eigenvalue weighted by molar-refractivity contribution is -0.0258. The first-order valence-corrected chi connectivity index (χ1v) is 11.9. The number of likely N-dealkylation sites (tertiary alicyclic amines) is 1. The zero-order valence-electron chi connectivity index (χ0n) is 18.4. The Kier molecular flexibility index (Phi) is 7.83. The van der Waals surface area contributed by atoms with Crippen LogP contribution in [0.4, 0.5) is 0 Å². The van der Waals surface area contributed by atoms with Crippen LogP contribution in [0, 0.1) is 5.92 Å². The van der Waals surface area contributed by atoms with Gasteiger partial charge in [-0.2, -0.15) is 0 Å². The fourth-order valence-electron chi connectivity index (χ4n) is 3.57. The van der Waals surface area contributed by atoms with Crippen molar-refractivity contribution >= 4 is 15.9 Å². The maximum Gasteiger partial charge on any atom is 0.264 e. The molecule has 1 amide bonds. The van der Waals surface area contributed by atoms with Gasteiger partial charge in [0.15, 0.2) is 0 Å². The molecule has 1 saturated heterocycles. The van der Waals surface area contributed by atoms with Crippen molar-refractivity contribution in [1.29, 1.82) is 0 Å². The molecule has 0 spiro atoms. The number of nitrogens with zero attached hydrogens (tertiary/aromatic N) is 2. The lowest BCUT2D eigenvalue weighted by Crippen LogP contribution is -2.32. The molecule has 3 rings (SSSR count). The summed E-state index contributed by atoms with van der Waals surface area (Å²) in [5.41, 5.74) is 2.54. The fraction of sp³-hybridized carbons (Fsp3) is 0.435. The van der Waals surface area contributed by atoms with E-state index in [2.05, 4.69) is 29.3 Å². The van der Waals surface area contributed by atoms with E-state index in [1.807, 2.05) is 12.1 Å². The van der Waals surface area contributed by atoms with E-state index >= 15 is 0 Å². The summed E-state index contributed by atoms with van der Waals surface area (Å²) in [7, 11) is -1.23. The number of rotatable bonds is 8. The average Bonchev–Trinajstić information content (AvgIpc) is 2.79. The van der Waals surface area contributed by atoms with E-state index in [1.54, 1.807) is 12.1 Å². The van der Waals surface area contributed by atoms with Crippen LogP contribution in [0.1, 0.15) is 41.3 Å². The molecule has 31 heavy (non-hydrogen) atoms. The van der Waals surface area contributed by atoms with Crippen LogP contribution in [-0.4, -0.2) is 50.9 Å². The molecule has 8 heteroatoms. The Labute approximate surface area is 185 Å². The topological polar surface area (TPSA) is 78.9 Å². The average molecular weight is 446 g/mol. The molecule has 0 saturated carbocycles. The Morgan fingerprint density at radius 1 is 1.13 bits per heavy atom. The number of hydroxylamine groups is 1. The van der Waals surface area contributed by atoms with E-state index in [-0.39, 0.29) is 16.4 Å². The van der Waals surface area contributed by atoms with Gasteiger partial charge >= 0.3 is 0 Å². The number of hydrogen-bond donors (Lipinski definition) is 1. The molecule has 1 N–H and O–H groups in total. The van der Waals surface area contributed by atoms with Gasteiger partial charge in [0.25, 0.3) is 15.9 Å². The van der Waals surface area contributed by atoms with Crippen LogP contribution in [0.5, 0.6) is 0 Å². The maximum atomic E-state index is 12.5. The summed E-state index contributed by atoms with van der Waals surface area (Å²) in [4.78, 5) is 19.8. The Morgan fingerprint density at radius 3 is 2.42 bits per heavy atom. The van der Waals surface area contributed by atoms with Crippen molar-refractivity contribution in [1.82, 2.24) is 14.7 Å². The minimum Gasteiger partial charge on any atom is -0.348 e. The highest BCUT2D eigenvalue weighted by Gasteiger charge is 2.22. The molecule has 0 aromatic heterocycles. The molecule has 1 heterocycles. The SMILES string of the molecule is CON(C)S(=O)(=O)c1cccc(C(=O)NCc2ccc(CN3CCC(C)CC3)cc2)c1. The largest absolute Gasteiger partial charge is 0.348 e. The van der Waals surface area contributed by atoms with Crippen molar-refractivity contribution in [2.75, 3.05) is 27.2 Å². The Hall–Kier alpha value is -2.26. The molecule has 0 unspecified atom stereocenters. The first-order chi connectivity index (χ1) is 14.8. The summed E-state index contributed by atoms with van der Waals surface area (Å²) in [6.45, 7) is 5.93. The number of sulfonamides is 1. The lowest BCUT2D eigenvalue weighted by Gasteiger charge is -2.30. The Balaban J connectivity index is 1.56. The molecule has 2 aromatic rings. The van der Waals surface area contributed by atoms with Crippen LogP contribution in [0.3, 0.4) is 0 Å². The van der Waals surface area contributed by atoms with Crippen LogP contribution in [0.15, 0.2) is 53.4 Å². The molecular formula is C23H31N3O4S. The summed E-state index contributed by atoms with van der Waals surface area (Å²) < 4.78 is 25.5. The summed E-state index contributed by atoms with van der Waals surface area (Å²) in [5.74, 6) is 0.493. The molecule has 0 radical (unpaired) electrons. The van der Waals surface area contributed by atoms with Crippen LogP contribution in [0.25, 0.3) is 0 Å². The summed E-state index contributed by atoms with van der Waals surface area (Å²) >= 11 is 0. The van der Waals surface area contributed by atoms with Gasteiger partial charge in [-0.05, 0) is 61.2 Å². The third-order valence-corrected chi connectivity index (χ3v) is 7.42. The highest BCUT2D eigenvalue weighted by molar-refractivity contribution is 7.89. The normalized spacial score (nSPS) is 15.9. The molecule has 1 aliphatic rings. The molecule has 0 aliphatic carbocycles. The van der Waals surface area contributed by atoms with Crippen LogP contribution in [-0.2, 0) is 28.0 Å². The van der Waals surface area contributed by atoms with Gasteiger partial charge in [-0.15, -0.1) is 0 Å². The van der Waals surface area contributed by atoms with E-state index in [0.717, 1.165) is 35.6 Å². The monoisotopic (exact) mass is 445 g/mol. The molecule has 0 atom stereocenters. The highest BCUT2D eigenvalue weighted by atomic mass is 32.2. The van der Waals surface area contributed by atoms with Gasteiger partial charge in [0.2, 0.25) is 0 Å². The van der Waals surface area contributed by atoms with Crippen molar-refractivity contribution in [3.05, 3.63) is 65.2 Å². The number of carbonyl (C=O) groups excluding carboxylic acids is 1. The summed E-state index contributed by atoms with van der Waals surface area (Å²) in [6, 6.07) is 14.2. The van der Waals surface area contributed by atoms with E-state index in [0.29, 0.717) is 6.54 Å². The molecule has 7 nitrogen and oxygen atoms in total. The second kappa shape index (κ2) is 10.4. The molecule has 2 aromatic carbocycles.